The fourth-order valence-corrected chi connectivity index (χ4v) is 2.60. The van der Waals surface area contributed by atoms with Gasteiger partial charge in [0.15, 0.2) is 0 Å². The third-order valence-corrected chi connectivity index (χ3v) is 3.73. The molecular formula is C12H13F3O3SSi. The summed E-state index contributed by atoms with van der Waals surface area (Å²) >= 11 is -0.0178. The highest BCUT2D eigenvalue weighted by molar-refractivity contribution is 8.13. The maximum absolute atomic E-state index is 12.3. The van der Waals surface area contributed by atoms with Crippen molar-refractivity contribution in [2.24, 2.45) is 0 Å². The summed E-state index contributed by atoms with van der Waals surface area (Å²) < 4.78 is 42.0. The van der Waals surface area contributed by atoms with Gasteiger partial charge in [0.1, 0.15) is 0 Å². The number of carbonyl (C=O) groups is 2. The van der Waals surface area contributed by atoms with Crippen LogP contribution in [0.25, 0.3) is 0 Å². The SMILES string of the molecule is C[Si](C)(C)OC(=O)c1ccccc1SC(=O)C(F)(F)F. The van der Waals surface area contributed by atoms with E-state index in [2.05, 4.69) is 0 Å². The van der Waals surface area contributed by atoms with Crippen LogP contribution in [0, 0.1) is 0 Å². The summed E-state index contributed by atoms with van der Waals surface area (Å²) in [5, 5.41) is -1.97. The van der Waals surface area contributed by atoms with E-state index in [4.69, 9.17) is 4.43 Å². The normalized spacial score (nSPS) is 12.1. The second kappa shape index (κ2) is 6.00. The van der Waals surface area contributed by atoms with Gasteiger partial charge in [-0.15, -0.1) is 0 Å². The van der Waals surface area contributed by atoms with E-state index in [9.17, 15) is 22.8 Å². The smallest absolute Gasteiger partial charge is 0.461 e. The molecule has 0 radical (unpaired) electrons. The lowest BCUT2D eigenvalue weighted by Crippen LogP contribution is -2.29. The Balaban J connectivity index is 3.00. The number of benzene rings is 1. The largest absolute Gasteiger partial charge is 0.516 e. The van der Waals surface area contributed by atoms with Crippen LogP contribution in [0.1, 0.15) is 10.4 Å². The average Bonchev–Trinajstić information content (AvgIpc) is 2.25. The lowest BCUT2D eigenvalue weighted by molar-refractivity contribution is -0.160. The van der Waals surface area contributed by atoms with Crippen LogP contribution < -0.4 is 0 Å². The first-order chi connectivity index (χ1) is 9.00. The highest BCUT2D eigenvalue weighted by Gasteiger charge is 2.39. The first kappa shape index (κ1) is 16.8. The molecule has 110 valence electrons. The fraction of sp³-hybridized carbons (Fsp3) is 0.333. The minimum atomic E-state index is -4.94. The van der Waals surface area contributed by atoms with E-state index in [-0.39, 0.29) is 22.2 Å². The van der Waals surface area contributed by atoms with Crippen LogP contribution in [-0.2, 0) is 9.22 Å². The molecule has 1 aromatic carbocycles. The monoisotopic (exact) mass is 322 g/mol. The molecule has 0 aliphatic rings. The average molecular weight is 322 g/mol. The first-order valence-electron chi connectivity index (χ1n) is 5.62. The maximum Gasteiger partial charge on any atom is 0.461 e. The number of rotatable bonds is 3. The van der Waals surface area contributed by atoms with Gasteiger partial charge in [-0.1, -0.05) is 12.1 Å². The first-order valence-corrected chi connectivity index (χ1v) is 9.84. The predicted molar refractivity (Wildman–Crippen MR) is 72.1 cm³/mol. The third kappa shape index (κ3) is 5.01. The standard InChI is InChI=1S/C12H13F3O3SSi/c1-20(2,3)18-10(16)8-6-4-5-7-9(8)19-11(17)12(13,14)15/h4-7H,1-3H3. The molecule has 1 rings (SSSR count). The molecule has 8 heteroatoms. The zero-order valence-electron chi connectivity index (χ0n) is 11.1. The summed E-state index contributed by atoms with van der Waals surface area (Å²) in [5.41, 5.74) is -0.0301. The summed E-state index contributed by atoms with van der Waals surface area (Å²) in [7, 11) is -2.17. The van der Waals surface area contributed by atoms with Crippen molar-refractivity contribution in [1.29, 1.82) is 0 Å². The Morgan fingerprint density at radius 3 is 2.20 bits per heavy atom. The van der Waals surface area contributed by atoms with E-state index in [1.54, 1.807) is 19.6 Å². The second-order valence-electron chi connectivity index (χ2n) is 4.89. The molecule has 0 aliphatic heterocycles. The van der Waals surface area contributed by atoms with Gasteiger partial charge >= 0.3 is 12.1 Å². The van der Waals surface area contributed by atoms with Gasteiger partial charge in [-0.2, -0.15) is 13.2 Å². The molecule has 3 nitrogen and oxygen atoms in total. The highest BCUT2D eigenvalue weighted by Crippen LogP contribution is 2.31. The molecule has 20 heavy (non-hydrogen) atoms. The molecule has 0 saturated carbocycles. The van der Waals surface area contributed by atoms with Crippen molar-refractivity contribution in [1.82, 2.24) is 0 Å². The Bertz CT molecular complexity index is 523. The van der Waals surface area contributed by atoms with E-state index in [1.807, 2.05) is 0 Å². The van der Waals surface area contributed by atoms with Gasteiger partial charge in [-0.25, -0.2) is 4.79 Å². The van der Waals surface area contributed by atoms with Crippen molar-refractivity contribution in [3.8, 4) is 0 Å². The van der Waals surface area contributed by atoms with Crippen molar-refractivity contribution < 1.29 is 27.2 Å². The zero-order chi connectivity index (χ0) is 15.6. The molecule has 0 unspecified atom stereocenters. The van der Waals surface area contributed by atoms with Crippen molar-refractivity contribution in [2.45, 2.75) is 30.7 Å². The predicted octanol–water partition coefficient (Wildman–Crippen LogP) is 3.86. The molecule has 0 spiro atoms. The van der Waals surface area contributed by atoms with E-state index in [0.717, 1.165) is 0 Å². The highest BCUT2D eigenvalue weighted by atomic mass is 32.2. The summed E-state index contributed by atoms with van der Waals surface area (Å²) in [4.78, 5) is 22.9. The van der Waals surface area contributed by atoms with E-state index in [1.165, 1.54) is 24.3 Å². The van der Waals surface area contributed by atoms with Crippen LogP contribution in [0.4, 0.5) is 13.2 Å². The molecule has 0 saturated heterocycles. The van der Waals surface area contributed by atoms with Gasteiger partial charge in [0, 0.05) is 4.90 Å². The quantitative estimate of drug-likeness (QED) is 0.626. The molecule has 0 bridgehead atoms. The molecule has 0 fully saturated rings. The molecule has 0 aromatic heterocycles. The van der Waals surface area contributed by atoms with Gasteiger partial charge in [0.25, 0.3) is 5.12 Å². The molecule has 0 heterocycles. The van der Waals surface area contributed by atoms with Crippen LogP contribution in [0.15, 0.2) is 29.2 Å². The van der Waals surface area contributed by atoms with E-state index in [0.29, 0.717) is 0 Å². The summed E-state index contributed by atoms with van der Waals surface area (Å²) in [6, 6.07) is 5.59. The number of halogens is 3. The van der Waals surface area contributed by atoms with Crippen molar-refractivity contribution in [2.75, 3.05) is 0 Å². The Labute approximate surface area is 119 Å². The lowest BCUT2D eigenvalue weighted by atomic mass is 10.2. The zero-order valence-corrected chi connectivity index (χ0v) is 12.9. The Morgan fingerprint density at radius 2 is 1.70 bits per heavy atom. The molecule has 1 aromatic rings. The number of hydrogen-bond donors (Lipinski definition) is 0. The van der Waals surface area contributed by atoms with Crippen molar-refractivity contribution in [3.05, 3.63) is 29.8 Å². The van der Waals surface area contributed by atoms with Gasteiger partial charge in [-0.3, -0.25) is 4.79 Å². The molecule has 0 N–H and O–H groups in total. The molecule has 0 amide bonds. The van der Waals surface area contributed by atoms with E-state index < -0.39 is 25.6 Å². The minimum Gasteiger partial charge on any atom is -0.516 e. The molecular weight excluding hydrogens is 309 g/mol. The van der Waals surface area contributed by atoms with Crippen LogP contribution in [0.3, 0.4) is 0 Å². The van der Waals surface area contributed by atoms with E-state index >= 15 is 0 Å². The Morgan fingerprint density at radius 1 is 1.15 bits per heavy atom. The summed E-state index contributed by atoms with van der Waals surface area (Å²) in [6.07, 6.45) is -4.94. The van der Waals surface area contributed by atoms with Crippen molar-refractivity contribution >= 4 is 31.2 Å². The second-order valence-corrected chi connectivity index (χ2v) is 10.3. The maximum atomic E-state index is 12.3. The Kier molecular flexibility index (Phi) is 5.03. The van der Waals surface area contributed by atoms with Crippen LogP contribution >= 0.6 is 11.8 Å². The van der Waals surface area contributed by atoms with Crippen LogP contribution in [0.2, 0.25) is 19.6 Å². The summed E-state index contributed by atoms with van der Waals surface area (Å²) in [5.74, 6) is -0.706. The van der Waals surface area contributed by atoms with Gasteiger partial charge in [-0.05, 0) is 43.5 Å². The van der Waals surface area contributed by atoms with Crippen LogP contribution in [-0.4, -0.2) is 25.6 Å². The van der Waals surface area contributed by atoms with Crippen LogP contribution in [0.5, 0.6) is 0 Å². The molecule has 0 aliphatic carbocycles. The minimum absolute atomic E-state index is 0.0178. The number of thioether (sulfide) groups is 1. The summed E-state index contributed by atoms with van der Waals surface area (Å²) in [6.45, 7) is 5.34. The van der Waals surface area contributed by atoms with Crippen molar-refractivity contribution in [3.63, 3.8) is 0 Å². The number of carbonyl (C=O) groups excluding carboxylic acids is 2. The third-order valence-electron chi connectivity index (χ3n) is 1.94. The fourth-order valence-electron chi connectivity index (χ4n) is 1.22. The van der Waals surface area contributed by atoms with Gasteiger partial charge in [0.05, 0.1) is 5.56 Å². The van der Waals surface area contributed by atoms with Gasteiger partial charge < -0.3 is 4.43 Å². The number of alkyl halides is 3. The Hall–Kier alpha value is -1.28. The number of hydrogen-bond acceptors (Lipinski definition) is 4. The van der Waals surface area contributed by atoms with Gasteiger partial charge in [0.2, 0.25) is 8.32 Å². The lowest BCUT2D eigenvalue weighted by Gasteiger charge is -2.18. The molecule has 0 atom stereocenters. The topological polar surface area (TPSA) is 43.4 Å².